The van der Waals surface area contributed by atoms with Gasteiger partial charge in [0.2, 0.25) is 15.9 Å². The van der Waals surface area contributed by atoms with Crippen LogP contribution in [0, 0.1) is 0 Å². The highest BCUT2D eigenvalue weighted by Gasteiger charge is 2.20. The number of benzene rings is 1. The number of carbonyl (C=O) groups excluding carboxylic acids is 1. The molecule has 8 heteroatoms. The van der Waals surface area contributed by atoms with Gasteiger partial charge in [-0.15, -0.1) is 0 Å². The Balaban J connectivity index is 3.05. The molecule has 0 aromatic heterocycles. The zero-order chi connectivity index (χ0) is 13.2. The van der Waals surface area contributed by atoms with Gasteiger partial charge in [-0.25, -0.2) is 8.42 Å². The topological polar surface area (TPSA) is 115 Å². The molecule has 0 fully saturated rings. The summed E-state index contributed by atoms with van der Waals surface area (Å²) in [5.41, 5.74) is 10.8. The summed E-state index contributed by atoms with van der Waals surface area (Å²) in [7, 11) is -3.80. The molecule has 0 aliphatic carbocycles. The third-order valence-electron chi connectivity index (χ3n) is 2.04. The Morgan fingerprint density at radius 3 is 2.53 bits per heavy atom. The Morgan fingerprint density at radius 1 is 1.47 bits per heavy atom. The monoisotopic (exact) mass is 321 g/mol. The third-order valence-corrected chi connectivity index (χ3v) is 4.30. The van der Waals surface area contributed by atoms with Gasteiger partial charge in [-0.3, -0.25) is 4.79 Å². The highest BCUT2D eigenvalue weighted by atomic mass is 79.9. The summed E-state index contributed by atoms with van der Waals surface area (Å²) in [4.78, 5) is 10.8. The van der Waals surface area contributed by atoms with Crippen LogP contribution in [0.15, 0.2) is 27.6 Å². The SMILES string of the molecule is CC(NS(=O)(=O)c1ccc(Br)c(N)c1)C(N)=O. The van der Waals surface area contributed by atoms with Crippen molar-refractivity contribution in [3.63, 3.8) is 0 Å². The van der Waals surface area contributed by atoms with Crippen molar-refractivity contribution < 1.29 is 13.2 Å². The Hall–Kier alpha value is -1.12. The Kier molecular flexibility index (Phi) is 4.12. The first-order chi connectivity index (χ1) is 7.74. The molecule has 94 valence electrons. The summed E-state index contributed by atoms with van der Waals surface area (Å²) in [6, 6.07) is 3.19. The molecule has 0 bridgehead atoms. The van der Waals surface area contributed by atoms with Crippen molar-refractivity contribution in [3.05, 3.63) is 22.7 Å². The van der Waals surface area contributed by atoms with Gasteiger partial charge in [0, 0.05) is 10.2 Å². The summed E-state index contributed by atoms with van der Waals surface area (Å²) in [6.07, 6.45) is 0. The van der Waals surface area contributed by atoms with Crippen molar-refractivity contribution in [3.8, 4) is 0 Å². The van der Waals surface area contributed by atoms with E-state index in [4.69, 9.17) is 11.5 Å². The van der Waals surface area contributed by atoms with E-state index in [-0.39, 0.29) is 4.90 Å². The van der Waals surface area contributed by atoms with E-state index in [1.54, 1.807) is 0 Å². The number of nitrogens with two attached hydrogens (primary N) is 2. The second-order valence-electron chi connectivity index (χ2n) is 3.43. The molecule has 0 aliphatic rings. The third kappa shape index (κ3) is 3.42. The minimum Gasteiger partial charge on any atom is -0.398 e. The fourth-order valence-corrected chi connectivity index (χ4v) is 2.54. The van der Waals surface area contributed by atoms with E-state index in [1.807, 2.05) is 0 Å². The lowest BCUT2D eigenvalue weighted by Gasteiger charge is -2.11. The Morgan fingerprint density at radius 2 is 2.06 bits per heavy atom. The van der Waals surface area contributed by atoms with Crippen molar-refractivity contribution >= 4 is 37.5 Å². The van der Waals surface area contributed by atoms with Crippen LogP contribution in [0.25, 0.3) is 0 Å². The molecular formula is C9H12BrN3O3S. The van der Waals surface area contributed by atoms with Crippen LogP contribution in [0.5, 0.6) is 0 Å². The maximum Gasteiger partial charge on any atom is 0.241 e. The first-order valence-corrected chi connectivity index (χ1v) is 6.88. The smallest absolute Gasteiger partial charge is 0.241 e. The van der Waals surface area contributed by atoms with Gasteiger partial charge in [0.25, 0.3) is 0 Å². The van der Waals surface area contributed by atoms with Crippen molar-refractivity contribution in [1.82, 2.24) is 4.72 Å². The normalized spacial score (nSPS) is 13.3. The van der Waals surface area contributed by atoms with E-state index in [0.29, 0.717) is 10.2 Å². The number of nitrogen functional groups attached to an aromatic ring is 1. The molecule has 1 atom stereocenters. The summed E-state index contributed by atoms with van der Waals surface area (Å²) >= 11 is 3.16. The van der Waals surface area contributed by atoms with Gasteiger partial charge in [-0.2, -0.15) is 4.72 Å². The van der Waals surface area contributed by atoms with Crippen molar-refractivity contribution in [2.45, 2.75) is 17.9 Å². The average molecular weight is 322 g/mol. The highest BCUT2D eigenvalue weighted by molar-refractivity contribution is 9.10. The number of sulfonamides is 1. The molecule has 17 heavy (non-hydrogen) atoms. The van der Waals surface area contributed by atoms with Crippen LogP contribution >= 0.6 is 15.9 Å². The van der Waals surface area contributed by atoms with Gasteiger partial charge in [-0.05, 0) is 41.1 Å². The molecule has 6 nitrogen and oxygen atoms in total. The van der Waals surface area contributed by atoms with E-state index < -0.39 is 22.0 Å². The summed E-state index contributed by atoms with van der Waals surface area (Å²) in [5.74, 6) is -0.751. The standard InChI is InChI=1S/C9H12BrN3O3S/c1-5(9(12)14)13-17(15,16)6-2-3-7(10)8(11)4-6/h2-5,13H,11H2,1H3,(H2,12,14). The van der Waals surface area contributed by atoms with Gasteiger partial charge < -0.3 is 11.5 Å². The van der Waals surface area contributed by atoms with Crippen LogP contribution in [0.2, 0.25) is 0 Å². The van der Waals surface area contributed by atoms with Gasteiger partial charge in [0.15, 0.2) is 0 Å². The fraction of sp³-hybridized carbons (Fsp3) is 0.222. The van der Waals surface area contributed by atoms with Crippen molar-refractivity contribution in [2.75, 3.05) is 5.73 Å². The molecule has 0 saturated carbocycles. The molecule has 5 N–H and O–H groups in total. The number of rotatable bonds is 4. The van der Waals surface area contributed by atoms with Crippen LogP contribution < -0.4 is 16.2 Å². The molecule has 0 heterocycles. The minimum absolute atomic E-state index is 0.0219. The molecule has 0 saturated heterocycles. The number of anilines is 1. The van der Waals surface area contributed by atoms with E-state index in [2.05, 4.69) is 20.7 Å². The van der Waals surface area contributed by atoms with Crippen LogP contribution in [0.4, 0.5) is 5.69 Å². The van der Waals surface area contributed by atoms with Crippen LogP contribution in [0.1, 0.15) is 6.92 Å². The Bertz CT molecular complexity index is 544. The predicted molar refractivity (Wildman–Crippen MR) is 67.5 cm³/mol. The first kappa shape index (κ1) is 13.9. The number of amides is 1. The number of halogens is 1. The maximum absolute atomic E-state index is 11.8. The molecule has 1 rings (SSSR count). The van der Waals surface area contributed by atoms with Crippen molar-refractivity contribution in [1.29, 1.82) is 0 Å². The number of hydrogen-bond donors (Lipinski definition) is 3. The van der Waals surface area contributed by atoms with Crippen LogP contribution in [-0.2, 0) is 14.8 Å². The maximum atomic E-state index is 11.8. The van der Waals surface area contributed by atoms with Crippen LogP contribution in [0.3, 0.4) is 0 Å². The first-order valence-electron chi connectivity index (χ1n) is 4.60. The van der Waals surface area contributed by atoms with E-state index in [9.17, 15) is 13.2 Å². The number of nitrogens with one attached hydrogen (secondary N) is 1. The minimum atomic E-state index is -3.80. The molecule has 0 radical (unpaired) electrons. The molecule has 1 aromatic rings. The number of hydrogen-bond acceptors (Lipinski definition) is 4. The van der Waals surface area contributed by atoms with Gasteiger partial charge in [0.05, 0.1) is 10.9 Å². The average Bonchev–Trinajstić information content (AvgIpc) is 2.21. The second-order valence-corrected chi connectivity index (χ2v) is 6.00. The molecule has 1 unspecified atom stereocenters. The highest BCUT2D eigenvalue weighted by Crippen LogP contribution is 2.22. The molecule has 0 aliphatic heterocycles. The second kappa shape index (κ2) is 5.03. The van der Waals surface area contributed by atoms with Gasteiger partial charge in [-0.1, -0.05) is 0 Å². The fourth-order valence-electron chi connectivity index (χ4n) is 1.05. The van der Waals surface area contributed by atoms with Gasteiger partial charge in [0.1, 0.15) is 0 Å². The molecule has 1 aromatic carbocycles. The molecular weight excluding hydrogens is 310 g/mol. The quantitative estimate of drug-likeness (QED) is 0.686. The predicted octanol–water partition coefficient (Wildman–Crippen LogP) is 0.183. The lowest BCUT2D eigenvalue weighted by Crippen LogP contribution is -2.42. The summed E-state index contributed by atoms with van der Waals surface area (Å²) < 4.78 is 26.4. The largest absolute Gasteiger partial charge is 0.398 e. The van der Waals surface area contributed by atoms with E-state index in [1.165, 1.54) is 25.1 Å². The van der Waals surface area contributed by atoms with Crippen LogP contribution in [-0.4, -0.2) is 20.4 Å². The molecule has 1 amide bonds. The zero-order valence-electron chi connectivity index (χ0n) is 8.98. The number of carbonyl (C=O) groups is 1. The zero-order valence-corrected chi connectivity index (χ0v) is 11.4. The summed E-state index contributed by atoms with van der Waals surface area (Å²) in [6.45, 7) is 1.36. The Labute approximate surface area is 108 Å². The van der Waals surface area contributed by atoms with E-state index >= 15 is 0 Å². The van der Waals surface area contributed by atoms with Crippen molar-refractivity contribution in [2.24, 2.45) is 5.73 Å². The summed E-state index contributed by atoms with van der Waals surface area (Å²) in [5, 5.41) is 0. The number of primary amides is 1. The lowest BCUT2D eigenvalue weighted by atomic mass is 10.3. The lowest BCUT2D eigenvalue weighted by molar-refractivity contribution is -0.119. The molecule has 0 spiro atoms. The van der Waals surface area contributed by atoms with E-state index in [0.717, 1.165) is 0 Å². The van der Waals surface area contributed by atoms with Gasteiger partial charge >= 0.3 is 0 Å².